The van der Waals surface area contributed by atoms with Crippen LogP contribution < -0.4 is 10.5 Å². The maximum atomic E-state index is 11.9. The lowest BCUT2D eigenvalue weighted by Gasteiger charge is -2.28. The summed E-state index contributed by atoms with van der Waals surface area (Å²) in [5.74, 6) is 0. The smallest absolute Gasteiger partial charge is 0.330 e. The monoisotopic (exact) mass is 277 g/mol. The van der Waals surface area contributed by atoms with Crippen LogP contribution in [0.25, 0.3) is 0 Å². The summed E-state index contributed by atoms with van der Waals surface area (Å²) >= 11 is 0. The van der Waals surface area contributed by atoms with E-state index in [4.69, 9.17) is 5.73 Å². The zero-order valence-electron chi connectivity index (χ0n) is 10.0. The van der Waals surface area contributed by atoms with Crippen molar-refractivity contribution in [2.24, 2.45) is 11.1 Å². The van der Waals surface area contributed by atoms with E-state index in [2.05, 4.69) is 0 Å². The van der Waals surface area contributed by atoms with Crippen LogP contribution in [0.1, 0.15) is 13.8 Å². The van der Waals surface area contributed by atoms with Gasteiger partial charge in [0, 0.05) is 13.6 Å². The normalized spacial score (nSPS) is 14.4. The standard InChI is InChI=1S/C8H18F3N3O2S/c1-7(2,4-12)6-14(3)17(15,16)13-5-8(9,10)11/h13H,4-6,12H2,1-3H3. The largest absolute Gasteiger partial charge is 0.402 e. The van der Waals surface area contributed by atoms with Crippen LogP contribution in [0.5, 0.6) is 0 Å². The summed E-state index contributed by atoms with van der Waals surface area (Å²) in [4.78, 5) is 0. The van der Waals surface area contributed by atoms with Gasteiger partial charge in [-0.05, 0) is 12.0 Å². The van der Waals surface area contributed by atoms with Crippen molar-refractivity contribution in [3.05, 3.63) is 0 Å². The lowest BCUT2D eigenvalue weighted by Crippen LogP contribution is -2.46. The predicted octanol–water partition coefficient (Wildman–Crippen LogP) is 0.300. The van der Waals surface area contributed by atoms with Gasteiger partial charge in [0.15, 0.2) is 0 Å². The molecule has 9 heteroatoms. The molecule has 0 rings (SSSR count). The van der Waals surface area contributed by atoms with Gasteiger partial charge in [0.25, 0.3) is 10.2 Å². The van der Waals surface area contributed by atoms with Gasteiger partial charge >= 0.3 is 6.18 Å². The average Bonchev–Trinajstić information content (AvgIpc) is 2.13. The van der Waals surface area contributed by atoms with Crippen LogP contribution in [-0.4, -0.2) is 45.6 Å². The van der Waals surface area contributed by atoms with Crippen LogP contribution in [0, 0.1) is 5.41 Å². The van der Waals surface area contributed by atoms with Crippen LogP contribution >= 0.6 is 0 Å². The lowest BCUT2D eigenvalue weighted by atomic mass is 9.94. The highest BCUT2D eigenvalue weighted by Crippen LogP contribution is 2.17. The van der Waals surface area contributed by atoms with Gasteiger partial charge in [-0.15, -0.1) is 0 Å². The predicted molar refractivity (Wildman–Crippen MR) is 58.4 cm³/mol. The van der Waals surface area contributed by atoms with Crippen LogP contribution in [0.15, 0.2) is 0 Å². The van der Waals surface area contributed by atoms with E-state index >= 15 is 0 Å². The van der Waals surface area contributed by atoms with Crippen molar-refractivity contribution in [2.75, 3.05) is 26.7 Å². The Morgan fingerprint density at radius 1 is 1.29 bits per heavy atom. The molecular weight excluding hydrogens is 259 g/mol. The molecule has 0 aliphatic carbocycles. The van der Waals surface area contributed by atoms with E-state index in [-0.39, 0.29) is 13.1 Å². The second-order valence-corrected chi connectivity index (χ2v) is 6.43. The van der Waals surface area contributed by atoms with E-state index in [1.54, 1.807) is 13.8 Å². The highest BCUT2D eigenvalue weighted by atomic mass is 32.2. The highest BCUT2D eigenvalue weighted by molar-refractivity contribution is 7.87. The zero-order chi connectivity index (χ0) is 13.9. The van der Waals surface area contributed by atoms with Gasteiger partial charge in [-0.25, -0.2) is 0 Å². The topological polar surface area (TPSA) is 75.4 Å². The molecular formula is C8H18F3N3O2S. The van der Waals surface area contributed by atoms with Crippen LogP contribution in [0.2, 0.25) is 0 Å². The van der Waals surface area contributed by atoms with Gasteiger partial charge in [-0.2, -0.15) is 30.6 Å². The fourth-order valence-corrected chi connectivity index (χ4v) is 2.12. The zero-order valence-corrected chi connectivity index (χ0v) is 10.8. The van der Waals surface area contributed by atoms with Crippen molar-refractivity contribution in [1.82, 2.24) is 9.03 Å². The molecule has 3 N–H and O–H groups in total. The first kappa shape index (κ1) is 16.6. The molecule has 0 atom stereocenters. The van der Waals surface area contributed by atoms with E-state index in [1.165, 1.54) is 11.8 Å². The van der Waals surface area contributed by atoms with E-state index in [1.807, 2.05) is 0 Å². The molecule has 0 aliphatic heterocycles. The Bertz CT molecular complexity index is 340. The number of halogens is 3. The first-order chi connectivity index (χ1) is 7.40. The van der Waals surface area contributed by atoms with Crippen LogP contribution in [0.3, 0.4) is 0 Å². The minimum Gasteiger partial charge on any atom is -0.330 e. The molecule has 5 nitrogen and oxygen atoms in total. The molecule has 17 heavy (non-hydrogen) atoms. The van der Waals surface area contributed by atoms with Crippen LogP contribution in [0.4, 0.5) is 13.2 Å². The SMILES string of the molecule is CN(CC(C)(C)CN)S(=O)(=O)NCC(F)(F)F. The fraction of sp³-hybridized carbons (Fsp3) is 1.00. The summed E-state index contributed by atoms with van der Waals surface area (Å²) in [6, 6.07) is 0. The number of nitrogens with one attached hydrogen (secondary N) is 1. The Hall–Kier alpha value is -0.380. The molecule has 0 aromatic carbocycles. The van der Waals surface area contributed by atoms with Crippen molar-refractivity contribution in [3.8, 4) is 0 Å². The summed E-state index contributed by atoms with van der Waals surface area (Å²) in [5, 5.41) is 0. The average molecular weight is 277 g/mol. The molecule has 0 saturated heterocycles. The number of hydrogen-bond donors (Lipinski definition) is 2. The molecule has 0 bridgehead atoms. The number of alkyl halides is 3. The van der Waals surface area contributed by atoms with E-state index in [0.717, 1.165) is 4.31 Å². The van der Waals surface area contributed by atoms with Crippen molar-refractivity contribution in [2.45, 2.75) is 20.0 Å². The Morgan fingerprint density at radius 3 is 2.12 bits per heavy atom. The number of rotatable bonds is 6. The number of nitrogens with two attached hydrogens (primary N) is 1. The summed E-state index contributed by atoms with van der Waals surface area (Å²) < 4.78 is 60.9. The Morgan fingerprint density at radius 2 is 1.76 bits per heavy atom. The summed E-state index contributed by atoms with van der Waals surface area (Å²) in [6.45, 7) is 2.14. The molecule has 0 fully saturated rings. The summed E-state index contributed by atoms with van der Waals surface area (Å²) in [6.07, 6.45) is -4.57. The molecule has 0 saturated carbocycles. The molecule has 0 amide bonds. The maximum Gasteiger partial charge on any atom is 0.402 e. The van der Waals surface area contributed by atoms with E-state index in [9.17, 15) is 21.6 Å². The van der Waals surface area contributed by atoms with E-state index < -0.39 is 28.3 Å². The minimum absolute atomic E-state index is 0.0384. The molecule has 0 aromatic rings. The van der Waals surface area contributed by atoms with Gasteiger partial charge in [0.1, 0.15) is 6.54 Å². The molecule has 0 spiro atoms. The lowest BCUT2D eigenvalue weighted by molar-refractivity contribution is -0.121. The maximum absolute atomic E-state index is 11.9. The molecule has 0 radical (unpaired) electrons. The number of hydrogen-bond acceptors (Lipinski definition) is 3. The summed E-state index contributed by atoms with van der Waals surface area (Å²) in [7, 11) is -2.92. The Balaban J connectivity index is 4.52. The molecule has 0 aromatic heterocycles. The quantitative estimate of drug-likeness (QED) is 0.733. The second kappa shape index (κ2) is 5.51. The molecule has 0 aliphatic rings. The fourth-order valence-electron chi connectivity index (χ4n) is 1.04. The highest BCUT2D eigenvalue weighted by Gasteiger charge is 2.32. The van der Waals surface area contributed by atoms with Gasteiger partial charge in [-0.1, -0.05) is 13.8 Å². The first-order valence-corrected chi connectivity index (χ1v) is 6.31. The van der Waals surface area contributed by atoms with Gasteiger partial charge in [0.05, 0.1) is 0 Å². The molecule has 0 unspecified atom stereocenters. The third-order valence-electron chi connectivity index (χ3n) is 2.07. The third kappa shape index (κ3) is 6.81. The third-order valence-corrected chi connectivity index (χ3v) is 3.53. The van der Waals surface area contributed by atoms with Crippen molar-refractivity contribution in [3.63, 3.8) is 0 Å². The van der Waals surface area contributed by atoms with Gasteiger partial charge in [0.2, 0.25) is 0 Å². The van der Waals surface area contributed by atoms with Gasteiger partial charge in [-0.3, -0.25) is 0 Å². The van der Waals surface area contributed by atoms with Crippen molar-refractivity contribution in [1.29, 1.82) is 0 Å². The van der Waals surface area contributed by atoms with Crippen molar-refractivity contribution >= 4 is 10.2 Å². The summed E-state index contributed by atoms with van der Waals surface area (Å²) in [5.41, 5.74) is 4.92. The Labute approximate surface area is 99.3 Å². The second-order valence-electron chi connectivity index (χ2n) is 4.57. The molecule has 104 valence electrons. The van der Waals surface area contributed by atoms with Crippen LogP contribution in [-0.2, 0) is 10.2 Å². The van der Waals surface area contributed by atoms with Gasteiger partial charge < -0.3 is 5.73 Å². The Kier molecular flexibility index (Phi) is 5.38. The first-order valence-electron chi connectivity index (χ1n) is 4.87. The minimum atomic E-state index is -4.57. The van der Waals surface area contributed by atoms with E-state index in [0.29, 0.717) is 0 Å². The molecule has 0 heterocycles. The van der Waals surface area contributed by atoms with Crippen molar-refractivity contribution < 1.29 is 21.6 Å². The number of nitrogens with zero attached hydrogens (tertiary/aromatic N) is 1.